The van der Waals surface area contributed by atoms with Gasteiger partial charge in [0.15, 0.2) is 5.69 Å². The maximum atomic E-state index is 12.7. The van der Waals surface area contributed by atoms with Crippen LogP contribution in [-0.4, -0.2) is 62.8 Å². The van der Waals surface area contributed by atoms with Crippen LogP contribution in [0.15, 0.2) is 18.5 Å². The molecule has 1 saturated carbocycles. The zero-order valence-corrected chi connectivity index (χ0v) is 16.1. The van der Waals surface area contributed by atoms with Gasteiger partial charge in [0.2, 0.25) is 5.88 Å². The second-order valence-electron chi connectivity index (χ2n) is 7.37. The minimum atomic E-state index is 0.0267. The molecule has 4 rings (SSSR count). The minimum absolute atomic E-state index is 0.0267. The van der Waals surface area contributed by atoms with Crippen molar-refractivity contribution in [2.24, 2.45) is 7.05 Å². The third-order valence-electron chi connectivity index (χ3n) is 5.52. The van der Waals surface area contributed by atoms with Crippen molar-refractivity contribution >= 4 is 11.7 Å². The molecule has 8 heteroatoms. The Morgan fingerprint density at radius 1 is 1.15 bits per heavy atom. The smallest absolute Gasteiger partial charge is 0.274 e. The van der Waals surface area contributed by atoms with Gasteiger partial charge in [0.25, 0.3) is 5.91 Å². The van der Waals surface area contributed by atoms with Gasteiger partial charge in [-0.15, -0.1) is 0 Å². The van der Waals surface area contributed by atoms with Crippen LogP contribution in [0.2, 0.25) is 0 Å². The normalized spacial score (nSPS) is 17.8. The first-order chi connectivity index (χ1) is 13.1. The standard InChI is InChI=1S/C19H26N6O2/c1-13-10-16(22-23(13)2)19(26)24-8-6-15(7-9-24)25(14-4-5-14)17-11-18(27-3)21-12-20-17/h10-12,14-15H,4-9H2,1-3H3. The molecule has 144 valence electrons. The Hall–Kier alpha value is -2.64. The fraction of sp³-hybridized carbons (Fsp3) is 0.579. The van der Waals surface area contributed by atoms with Crippen molar-refractivity contribution in [3.8, 4) is 5.88 Å². The van der Waals surface area contributed by atoms with Gasteiger partial charge in [-0.2, -0.15) is 5.10 Å². The Morgan fingerprint density at radius 3 is 2.44 bits per heavy atom. The van der Waals surface area contributed by atoms with E-state index in [2.05, 4.69) is 20.0 Å². The first-order valence-corrected chi connectivity index (χ1v) is 9.51. The lowest BCUT2D eigenvalue weighted by Crippen LogP contribution is -2.48. The molecule has 0 spiro atoms. The van der Waals surface area contributed by atoms with E-state index in [0.29, 0.717) is 23.7 Å². The van der Waals surface area contributed by atoms with E-state index >= 15 is 0 Å². The first kappa shape index (κ1) is 17.8. The van der Waals surface area contributed by atoms with Crippen molar-refractivity contribution < 1.29 is 9.53 Å². The first-order valence-electron chi connectivity index (χ1n) is 9.51. The van der Waals surface area contributed by atoms with E-state index in [-0.39, 0.29) is 5.91 Å². The summed E-state index contributed by atoms with van der Waals surface area (Å²) in [5.74, 6) is 1.54. The summed E-state index contributed by atoms with van der Waals surface area (Å²) in [6.45, 7) is 3.44. The zero-order valence-electron chi connectivity index (χ0n) is 16.1. The molecule has 27 heavy (non-hydrogen) atoms. The van der Waals surface area contributed by atoms with Crippen LogP contribution in [-0.2, 0) is 7.05 Å². The summed E-state index contributed by atoms with van der Waals surface area (Å²) in [7, 11) is 3.48. The van der Waals surface area contributed by atoms with E-state index in [1.165, 1.54) is 12.8 Å². The van der Waals surface area contributed by atoms with Crippen LogP contribution in [0.4, 0.5) is 5.82 Å². The molecule has 8 nitrogen and oxygen atoms in total. The summed E-state index contributed by atoms with van der Waals surface area (Å²) < 4.78 is 7.01. The molecule has 1 saturated heterocycles. The van der Waals surface area contributed by atoms with Crippen LogP contribution >= 0.6 is 0 Å². The van der Waals surface area contributed by atoms with Gasteiger partial charge in [-0.05, 0) is 38.7 Å². The summed E-state index contributed by atoms with van der Waals surface area (Å²) >= 11 is 0. The number of methoxy groups -OCH3 is 1. The molecular formula is C19H26N6O2. The number of ether oxygens (including phenoxy) is 1. The number of aryl methyl sites for hydroxylation is 2. The van der Waals surface area contributed by atoms with E-state index in [1.807, 2.05) is 31.0 Å². The summed E-state index contributed by atoms with van der Waals surface area (Å²) in [6.07, 6.45) is 5.81. The van der Waals surface area contributed by atoms with Crippen molar-refractivity contribution in [3.63, 3.8) is 0 Å². The van der Waals surface area contributed by atoms with Gasteiger partial charge >= 0.3 is 0 Å². The van der Waals surface area contributed by atoms with Crippen LogP contribution in [0, 0.1) is 6.92 Å². The summed E-state index contributed by atoms with van der Waals surface area (Å²) in [4.78, 5) is 25.7. The third-order valence-corrected chi connectivity index (χ3v) is 5.52. The maximum Gasteiger partial charge on any atom is 0.274 e. The van der Waals surface area contributed by atoms with Crippen LogP contribution in [0.3, 0.4) is 0 Å². The topological polar surface area (TPSA) is 76.4 Å². The predicted octanol–water partition coefficient (Wildman–Crippen LogP) is 1.80. The molecule has 0 radical (unpaired) electrons. The molecule has 3 heterocycles. The van der Waals surface area contributed by atoms with Crippen molar-refractivity contribution in [2.45, 2.75) is 44.7 Å². The average Bonchev–Trinajstić information content (AvgIpc) is 3.47. The highest BCUT2D eigenvalue weighted by Crippen LogP contribution is 2.36. The molecule has 0 atom stereocenters. The van der Waals surface area contributed by atoms with E-state index in [4.69, 9.17) is 4.74 Å². The van der Waals surface area contributed by atoms with Gasteiger partial charge in [-0.1, -0.05) is 0 Å². The van der Waals surface area contributed by atoms with Gasteiger partial charge in [0, 0.05) is 44.0 Å². The predicted molar refractivity (Wildman–Crippen MR) is 101 cm³/mol. The van der Waals surface area contributed by atoms with Crippen LogP contribution < -0.4 is 9.64 Å². The second kappa shape index (κ2) is 7.17. The molecule has 1 aliphatic heterocycles. The monoisotopic (exact) mass is 370 g/mol. The Morgan fingerprint density at radius 2 is 1.85 bits per heavy atom. The van der Waals surface area contributed by atoms with Crippen molar-refractivity contribution in [2.75, 3.05) is 25.1 Å². The lowest BCUT2D eigenvalue weighted by atomic mass is 10.0. The highest BCUT2D eigenvalue weighted by Gasteiger charge is 2.37. The highest BCUT2D eigenvalue weighted by atomic mass is 16.5. The highest BCUT2D eigenvalue weighted by molar-refractivity contribution is 5.92. The number of nitrogens with zero attached hydrogens (tertiary/aromatic N) is 6. The lowest BCUT2D eigenvalue weighted by Gasteiger charge is -2.39. The number of hydrogen-bond acceptors (Lipinski definition) is 6. The fourth-order valence-electron chi connectivity index (χ4n) is 3.78. The number of piperidine rings is 1. The molecule has 2 fully saturated rings. The molecule has 2 aromatic rings. The SMILES string of the molecule is COc1cc(N(C2CC2)C2CCN(C(=O)c3cc(C)n(C)n3)CC2)ncn1. The average molecular weight is 370 g/mol. The Balaban J connectivity index is 1.44. The van der Waals surface area contributed by atoms with Crippen LogP contribution in [0.5, 0.6) is 5.88 Å². The van der Waals surface area contributed by atoms with Gasteiger partial charge in [-0.3, -0.25) is 9.48 Å². The van der Waals surface area contributed by atoms with Gasteiger partial charge in [0.1, 0.15) is 12.1 Å². The number of carbonyl (C=O) groups is 1. The van der Waals surface area contributed by atoms with Gasteiger partial charge < -0.3 is 14.5 Å². The molecule has 2 aromatic heterocycles. The number of hydrogen-bond donors (Lipinski definition) is 0. The quantitative estimate of drug-likeness (QED) is 0.799. The molecule has 2 aliphatic rings. The van der Waals surface area contributed by atoms with Crippen LogP contribution in [0.1, 0.15) is 41.9 Å². The molecule has 0 bridgehead atoms. The van der Waals surface area contributed by atoms with E-state index in [9.17, 15) is 4.79 Å². The summed E-state index contributed by atoms with van der Waals surface area (Å²) in [5.41, 5.74) is 1.53. The summed E-state index contributed by atoms with van der Waals surface area (Å²) in [6, 6.07) is 4.69. The van der Waals surface area contributed by atoms with Crippen LogP contribution in [0.25, 0.3) is 0 Å². The van der Waals surface area contributed by atoms with Gasteiger partial charge in [-0.25, -0.2) is 9.97 Å². The molecule has 0 unspecified atom stereocenters. The Labute approximate surface area is 159 Å². The summed E-state index contributed by atoms with van der Waals surface area (Å²) in [5, 5.41) is 4.33. The third kappa shape index (κ3) is 3.61. The van der Waals surface area contributed by atoms with Crippen molar-refractivity contribution in [1.82, 2.24) is 24.6 Å². The number of anilines is 1. The number of amides is 1. The minimum Gasteiger partial charge on any atom is -0.481 e. The Kier molecular flexibility index (Phi) is 4.72. The molecule has 0 N–H and O–H groups in total. The Bertz CT molecular complexity index is 804. The number of aromatic nitrogens is 4. The molecule has 1 amide bonds. The maximum absolute atomic E-state index is 12.7. The van der Waals surface area contributed by atoms with Gasteiger partial charge in [0.05, 0.1) is 7.11 Å². The number of rotatable bonds is 5. The van der Waals surface area contributed by atoms with E-state index < -0.39 is 0 Å². The molecular weight excluding hydrogens is 344 g/mol. The van der Waals surface area contributed by atoms with E-state index in [1.54, 1.807) is 18.1 Å². The molecule has 1 aliphatic carbocycles. The second-order valence-corrected chi connectivity index (χ2v) is 7.37. The number of likely N-dealkylation sites (tertiary alicyclic amines) is 1. The van der Waals surface area contributed by atoms with Crippen molar-refractivity contribution in [1.29, 1.82) is 0 Å². The fourth-order valence-corrected chi connectivity index (χ4v) is 3.78. The van der Waals surface area contributed by atoms with E-state index in [0.717, 1.165) is 37.4 Å². The molecule has 0 aromatic carbocycles. The lowest BCUT2D eigenvalue weighted by molar-refractivity contribution is 0.0705. The van der Waals surface area contributed by atoms with Crippen molar-refractivity contribution in [3.05, 3.63) is 29.8 Å². The zero-order chi connectivity index (χ0) is 19.0. The number of carbonyl (C=O) groups excluding carboxylic acids is 1. The largest absolute Gasteiger partial charge is 0.481 e.